The Hall–Kier alpha value is -2.03. The number of carboxylic acids is 1. The predicted octanol–water partition coefficient (Wildman–Crippen LogP) is 0.525. The van der Waals surface area contributed by atoms with Gasteiger partial charge in [-0.15, -0.1) is 11.8 Å². The maximum Gasteiger partial charge on any atom is 0.347 e. The second-order valence-electron chi connectivity index (χ2n) is 4.71. The SMILES string of the molecule is NC(C(=O)NC1C(=O)NC1S/C=C(/Cl)C(=O)O)c1ccccc1. The Balaban J connectivity index is 1.95. The maximum atomic E-state index is 12.1. The van der Waals surface area contributed by atoms with Gasteiger partial charge in [0, 0.05) is 0 Å². The lowest BCUT2D eigenvalue weighted by Crippen LogP contribution is -2.68. The van der Waals surface area contributed by atoms with Gasteiger partial charge in [0.05, 0.1) is 0 Å². The monoisotopic (exact) mass is 355 g/mol. The van der Waals surface area contributed by atoms with Crippen LogP contribution in [0.3, 0.4) is 0 Å². The predicted molar refractivity (Wildman–Crippen MR) is 86.4 cm³/mol. The lowest BCUT2D eigenvalue weighted by molar-refractivity contribution is -0.134. The number of benzene rings is 1. The summed E-state index contributed by atoms with van der Waals surface area (Å²) in [6, 6.07) is 7.06. The third kappa shape index (κ3) is 4.25. The van der Waals surface area contributed by atoms with Crippen molar-refractivity contribution in [1.29, 1.82) is 0 Å². The molecule has 0 aliphatic carbocycles. The van der Waals surface area contributed by atoms with Crippen molar-refractivity contribution < 1.29 is 19.5 Å². The van der Waals surface area contributed by atoms with E-state index in [1.165, 1.54) is 5.41 Å². The van der Waals surface area contributed by atoms with Crippen molar-refractivity contribution in [2.75, 3.05) is 0 Å². The molecule has 1 saturated heterocycles. The molecule has 7 nitrogen and oxygen atoms in total. The number of hydrogen-bond donors (Lipinski definition) is 4. The van der Waals surface area contributed by atoms with Crippen molar-refractivity contribution in [2.45, 2.75) is 17.5 Å². The van der Waals surface area contributed by atoms with Gasteiger partial charge in [0.1, 0.15) is 22.5 Å². The van der Waals surface area contributed by atoms with Crippen molar-refractivity contribution in [2.24, 2.45) is 5.73 Å². The number of halogens is 1. The normalized spacial score (nSPS) is 21.8. The molecule has 1 fully saturated rings. The lowest BCUT2D eigenvalue weighted by Gasteiger charge is -2.36. The third-order valence-corrected chi connectivity index (χ3v) is 4.59. The first kappa shape index (κ1) is 17.3. The molecular weight excluding hydrogens is 342 g/mol. The highest BCUT2D eigenvalue weighted by Gasteiger charge is 2.41. The van der Waals surface area contributed by atoms with Gasteiger partial charge in [-0.1, -0.05) is 41.9 Å². The molecule has 9 heteroatoms. The molecule has 1 aromatic rings. The van der Waals surface area contributed by atoms with E-state index in [9.17, 15) is 14.4 Å². The summed E-state index contributed by atoms with van der Waals surface area (Å²) < 4.78 is 0. The fourth-order valence-electron chi connectivity index (χ4n) is 1.85. The first-order valence-electron chi connectivity index (χ1n) is 6.56. The van der Waals surface area contributed by atoms with Gasteiger partial charge in [-0.05, 0) is 11.0 Å². The highest BCUT2D eigenvalue weighted by molar-refractivity contribution is 8.03. The van der Waals surface area contributed by atoms with Crippen molar-refractivity contribution in [3.63, 3.8) is 0 Å². The topological polar surface area (TPSA) is 122 Å². The van der Waals surface area contributed by atoms with Crippen LogP contribution in [0.4, 0.5) is 0 Å². The Morgan fingerprint density at radius 1 is 1.39 bits per heavy atom. The summed E-state index contributed by atoms with van der Waals surface area (Å²) in [5.74, 6) is -2.12. The number of nitrogens with two attached hydrogens (primary N) is 1. The maximum absolute atomic E-state index is 12.1. The third-order valence-electron chi connectivity index (χ3n) is 3.13. The highest BCUT2D eigenvalue weighted by Crippen LogP contribution is 2.24. The molecule has 1 aliphatic heterocycles. The molecule has 0 bridgehead atoms. The number of amides is 2. The van der Waals surface area contributed by atoms with Gasteiger partial charge in [-0.3, -0.25) is 9.59 Å². The number of nitrogens with one attached hydrogen (secondary N) is 2. The fourth-order valence-corrected chi connectivity index (χ4v) is 2.90. The standard InChI is InChI=1S/C14H14ClN3O4S/c15-8(14(21)22)6-23-13-10(12(20)18-13)17-11(19)9(16)7-4-2-1-3-5-7/h1-6,9-10,13H,16H2,(H,17,19)(H,18,20)(H,21,22)/b8-6+. The highest BCUT2D eigenvalue weighted by atomic mass is 35.5. The van der Waals surface area contributed by atoms with E-state index >= 15 is 0 Å². The van der Waals surface area contributed by atoms with Crippen LogP contribution in [0.25, 0.3) is 0 Å². The molecule has 122 valence electrons. The van der Waals surface area contributed by atoms with Crippen LogP contribution in [-0.2, 0) is 14.4 Å². The zero-order chi connectivity index (χ0) is 17.0. The van der Waals surface area contributed by atoms with E-state index in [2.05, 4.69) is 10.6 Å². The molecule has 0 radical (unpaired) electrons. The zero-order valence-corrected chi connectivity index (χ0v) is 13.3. The minimum atomic E-state index is -1.27. The largest absolute Gasteiger partial charge is 0.477 e. The van der Waals surface area contributed by atoms with E-state index in [0.29, 0.717) is 5.56 Å². The minimum Gasteiger partial charge on any atom is -0.477 e. The number of hydrogen-bond acceptors (Lipinski definition) is 5. The van der Waals surface area contributed by atoms with Gasteiger partial charge < -0.3 is 21.5 Å². The first-order valence-corrected chi connectivity index (χ1v) is 7.88. The van der Waals surface area contributed by atoms with Crippen molar-refractivity contribution in [3.8, 4) is 0 Å². The van der Waals surface area contributed by atoms with Gasteiger partial charge in [0.25, 0.3) is 0 Å². The van der Waals surface area contributed by atoms with Crippen LogP contribution in [-0.4, -0.2) is 34.3 Å². The van der Waals surface area contributed by atoms with E-state index in [1.54, 1.807) is 30.3 Å². The van der Waals surface area contributed by atoms with Crippen LogP contribution < -0.4 is 16.4 Å². The Morgan fingerprint density at radius 2 is 2.04 bits per heavy atom. The van der Waals surface area contributed by atoms with Crippen LogP contribution in [0.1, 0.15) is 11.6 Å². The van der Waals surface area contributed by atoms with Gasteiger partial charge in [0.15, 0.2) is 0 Å². The molecule has 3 atom stereocenters. The molecule has 1 aliphatic rings. The number of rotatable bonds is 6. The van der Waals surface area contributed by atoms with Gasteiger partial charge in [-0.2, -0.15) is 0 Å². The van der Waals surface area contributed by atoms with Crippen molar-refractivity contribution in [3.05, 3.63) is 46.3 Å². The fraction of sp³-hybridized carbons (Fsp3) is 0.214. The Morgan fingerprint density at radius 3 is 2.61 bits per heavy atom. The molecule has 2 rings (SSSR count). The molecule has 0 spiro atoms. The molecule has 1 aromatic carbocycles. The van der Waals surface area contributed by atoms with Crippen molar-refractivity contribution in [1.82, 2.24) is 10.6 Å². The number of carboxylic acid groups (broad SMARTS) is 1. The second kappa shape index (κ2) is 7.49. The average molecular weight is 356 g/mol. The summed E-state index contributed by atoms with van der Waals surface area (Å²) in [6.45, 7) is 0. The Bertz CT molecular complexity index is 653. The molecule has 0 saturated carbocycles. The van der Waals surface area contributed by atoms with E-state index in [1.807, 2.05) is 0 Å². The number of carbonyl (C=O) groups excluding carboxylic acids is 2. The second-order valence-corrected chi connectivity index (χ2v) is 6.13. The van der Waals surface area contributed by atoms with Crippen LogP contribution >= 0.6 is 23.4 Å². The minimum absolute atomic E-state index is 0.365. The lowest BCUT2D eigenvalue weighted by atomic mass is 10.1. The summed E-state index contributed by atoms with van der Waals surface area (Å²) in [4.78, 5) is 34.3. The smallest absolute Gasteiger partial charge is 0.347 e. The Kier molecular flexibility index (Phi) is 5.64. The van der Waals surface area contributed by atoms with Crippen molar-refractivity contribution >= 4 is 41.1 Å². The van der Waals surface area contributed by atoms with E-state index in [4.69, 9.17) is 22.4 Å². The number of carbonyl (C=O) groups is 3. The molecule has 23 heavy (non-hydrogen) atoms. The first-order chi connectivity index (χ1) is 10.9. The Labute approximate surface area is 141 Å². The number of aliphatic carboxylic acids is 1. The van der Waals surface area contributed by atoms with E-state index < -0.39 is 29.3 Å². The van der Waals surface area contributed by atoms with Crippen LogP contribution in [0.2, 0.25) is 0 Å². The quantitative estimate of drug-likeness (QED) is 0.436. The van der Waals surface area contributed by atoms with E-state index in [0.717, 1.165) is 11.8 Å². The number of thioether (sulfide) groups is 1. The van der Waals surface area contributed by atoms with Gasteiger partial charge >= 0.3 is 5.97 Å². The van der Waals surface area contributed by atoms with Gasteiger partial charge in [-0.25, -0.2) is 4.79 Å². The molecule has 5 N–H and O–H groups in total. The molecule has 2 amide bonds. The van der Waals surface area contributed by atoms with Crippen LogP contribution in [0.15, 0.2) is 40.8 Å². The summed E-state index contributed by atoms with van der Waals surface area (Å²) in [6.07, 6.45) is 0. The molecule has 3 unspecified atom stereocenters. The van der Waals surface area contributed by atoms with Crippen LogP contribution in [0, 0.1) is 0 Å². The summed E-state index contributed by atoms with van der Waals surface area (Å²) in [5.41, 5.74) is 6.48. The summed E-state index contributed by atoms with van der Waals surface area (Å²) in [7, 11) is 0. The molecular formula is C14H14ClN3O4S. The van der Waals surface area contributed by atoms with Crippen LogP contribution in [0.5, 0.6) is 0 Å². The molecule has 0 aromatic heterocycles. The summed E-state index contributed by atoms with van der Waals surface area (Å²) >= 11 is 6.48. The number of β-lactam (4-membered cyclic amide) rings is 1. The zero-order valence-electron chi connectivity index (χ0n) is 11.7. The van der Waals surface area contributed by atoms with Gasteiger partial charge in [0.2, 0.25) is 11.8 Å². The van der Waals surface area contributed by atoms with E-state index in [-0.39, 0.29) is 10.9 Å². The average Bonchev–Trinajstić information content (AvgIpc) is 2.55. The summed E-state index contributed by atoms with van der Waals surface area (Å²) in [5, 5.41) is 14.1. The molecule has 1 heterocycles.